The minimum Gasteiger partial charge on any atom is -0.355 e. The van der Waals surface area contributed by atoms with E-state index in [1.165, 1.54) is 12.3 Å². The minimum atomic E-state index is -4.49. The first-order valence-corrected chi connectivity index (χ1v) is 10.7. The Kier molecular flexibility index (Phi) is 7.55. The van der Waals surface area contributed by atoms with E-state index in [9.17, 15) is 22.8 Å². The standard InChI is InChI=1S/C21H29F3N4O2/c22-21(23,24)17-8-5-10-25-19(17)28-14-6-7-16(15-28)20(30)26-11-9-18(29)27-12-3-1-2-4-13-27/h5,8,10,16H,1-4,6-7,9,11-15H2,(H,26,30). The van der Waals surface area contributed by atoms with Crippen LogP contribution in [0.4, 0.5) is 19.0 Å². The zero-order chi connectivity index (χ0) is 21.6. The number of carbonyl (C=O) groups is 2. The maximum Gasteiger partial charge on any atom is 0.419 e. The van der Waals surface area contributed by atoms with Gasteiger partial charge in [-0.25, -0.2) is 4.98 Å². The van der Waals surface area contributed by atoms with Gasteiger partial charge in [0, 0.05) is 45.3 Å². The van der Waals surface area contributed by atoms with E-state index in [0.717, 1.165) is 44.8 Å². The molecule has 9 heteroatoms. The largest absolute Gasteiger partial charge is 0.419 e. The quantitative estimate of drug-likeness (QED) is 0.785. The van der Waals surface area contributed by atoms with E-state index >= 15 is 0 Å². The van der Waals surface area contributed by atoms with E-state index in [4.69, 9.17) is 0 Å². The number of anilines is 1. The molecule has 0 radical (unpaired) electrons. The van der Waals surface area contributed by atoms with Crippen molar-refractivity contribution in [1.29, 1.82) is 0 Å². The number of likely N-dealkylation sites (tertiary alicyclic amines) is 1. The Balaban J connectivity index is 1.52. The molecule has 0 spiro atoms. The number of hydrogen-bond donors (Lipinski definition) is 1. The molecule has 1 aromatic rings. The fourth-order valence-electron chi connectivity index (χ4n) is 4.17. The average Bonchev–Trinajstić information content (AvgIpc) is 3.03. The van der Waals surface area contributed by atoms with Crippen LogP contribution in [0.5, 0.6) is 0 Å². The highest BCUT2D eigenvalue weighted by atomic mass is 19.4. The van der Waals surface area contributed by atoms with Gasteiger partial charge in [0.2, 0.25) is 11.8 Å². The molecule has 1 unspecified atom stereocenters. The Hall–Kier alpha value is -2.32. The second-order valence-corrected chi connectivity index (χ2v) is 7.99. The summed E-state index contributed by atoms with van der Waals surface area (Å²) in [5.74, 6) is -0.715. The van der Waals surface area contributed by atoms with E-state index in [-0.39, 0.29) is 37.1 Å². The third kappa shape index (κ3) is 5.86. The number of nitrogens with one attached hydrogen (secondary N) is 1. The molecular formula is C21H29F3N4O2. The Morgan fingerprint density at radius 3 is 2.53 bits per heavy atom. The van der Waals surface area contributed by atoms with Gasteiger partial charge in [0.15, 0.2) is 0 Å². The third-order valence-electron chi connectivity index (χ3n) is 5.78. The highest BCUT2D eigenvalue weighted by molar-refractivity contribution is 5.81. The van der Waals surface area contributed by atoms with Crippen molar-refractivity contribution in [2.24, 2.45) is 5.92 Å². The monoisotopic (exact) mass is 426 g/mol. The van der Waals surface area contributed by atoms with Crippen molar-refractivity contribution in [2.45, 2.75) is 51.1 Å². The van der Waals surface area contributed by atoms with Crippen LogP contribution >= 0.6 is 0 Å². The summed E-state index contributed by atoms with van der Waals surface area (Å²) in [7, 11) is 0. The smallest absolute Gasteiger partial charge is 0.355 e. The zero-order valence-corrected chi connectivity index (χ0v) is 17.1. The lowest BCUT2D eigenvalue weighted by molar-refractivity contribution is -0.137. The molecule has 1 atom stereocenters. The number of halogens is 3. The predicted molar refractivity (Wildman–Crippen MR) is 107 cm³/mol. The van der Waals surface area contributed by atoms with Gasteiger partial charge in [-0.2, -0.15) is 13.2 Å². The number of carbonyl (C=O) groups excluding carboxylic acids is 2. The van der Waals surface area contributed by atoms with Crippen LogP contribution in [-0.2, 0) is 15.8 Å². The van der Waals surface area contributed by atoms with Crippen molar-refractivity contribution < 1.29 is 22.8 Å². The van der Waals surface area contributed by atoms with Crippen molar-refractivity contribution in [1.82, 2.24) is 15.2 Å². The summed E-state index contributed by atoms with van der Waals surface area (Å²) in [5.41, 5.74) is -0.783. The maximum absolute atomic E-state index is 13.3. The average molecular weight is 426 g/mol. The highest BCUT2D eigenvalue weighted by Gasteiger charge is 2.37. The van der Waals surface area contributed by atoms with E-state index in [1.54, 1.807) is 4.90 Å². The van der Waals surface area contributed by atoms with Crippen LogP contribution in [0.2, 0.25) is 0 Å². The topological polar surface area (TPSA) is 65.5 Å². The molecule has 3 heterocycles. The molecule has 6 nitrogen and oxygen atoms in total. The molecule has 166 valence electrons. The van der Waals surface area contributed by atoms with Crippen molar-refractivity contribution in [3.05, 3.63) is 23.9 Å². The fourth-order valence-corrected chi connectivity index (χ4v) is 4.17. The molecule has 2 aliphatic rings. The van der Waals surface area contributed by atoms with Crippen LogP contribution in [0, 0.1) is 5.92 Å². The third-order valence-corrected chi connectivity index (χ3v) is 5.78. The SMILES string of the molecule is O=C(NCCC(=O)N1CCCCCC1)C1CCCN(c2ncccc2C(F)(F)F)C1. The van der Waals surface area contributed by atoms with Crippen molar-refractivity contribution in [2.75, 3.05) is 37.6 Å². The molecule has 2 aliphatic heterocycles. The van der Waals surface area contributed by atoms with Gasteiger partial charge in [0.25, 0.3) is 0 Å². The Labute approximate surface area is 174 Å². The molecule has 0 saturated carbocycles. The van der Waals surface area contributed by atoms with Gasteiger partial charge >= 0.3 is 6.18 Å². The Morgan fingerprint density at radius 1 is 1.10 bits per heavy atom. The van der Waals surface area contributed by atoms with Gasteiger partial charge < -0.3 is 15.1 Å². The predicted octanol–water partition coefficient (Wildman–Crippen LogP) is 3.23. The van der Waals surface area contributed by atoms with Gasteiger partial charge in [-0.1, -0.05) is 12.8 Å². The Morgan fingerprint density at radius 2 is 1.83 bits per heavy atom. The van der Waals surface area contributed by atoms with E-state index in [2.05, 4.69) is 10.3 Å². The lowest BCUT2D eigenvalue weighted by atomic mass is 9.96. The summed E-state index contributed by atoms with van der Waals surface area (Å²) in [6, 6.07) is 2.28. The molecule has 0 bridgehead atoms. The van der Waals surface area contributed by atoms with Crippen LogP contribution in [0.3, 0.4) is 0 Å². The number of piperidine rings is 1. The zero-order valence-electron chi connectivity index (χ0n) is 17.1. The highest BCUT2D eigenvalue weighted by Crippen LogP contribution is 2.36. The first-order valence-electron chi connectivity index (χ1n) is 10.7. The molecule has 2 amide bonds. The second-order valence-electron chi connectivity index (χ2n) is 7.99. The number of aromatic nitrogens is 1. The lowest BCUT2D eigenvalue weighted by Crippen LogP contribution is -2.44. The first kappa shape index (κ1) is 22.4. The Bertz CT molecular complexity index is 733. The van der Waals surface area contributed by atoms with Crippen LogP contribution in [0.1, 0.15) is 50.5 Å². The lowest BCUT2D eigenvalue weighted by Gasteiger charge is -2.34. The van der Waals surface area contributed by atoms with Crippen molar-refractivity contribution in [3.8, 4) is 0 Å². The van der Waals surface area contributed by atoms with Gasteiger partial charge in [-0.3, -0.25) is 9.59 Å². The van der Waals surface area contributed by atoms with Crippen LogP contribution in [0.25, 0.3) is 0 Å². The summed E-state index contributed by atoms with van der Waals surface area (Å²) in [5, 5.41) is 2.80. The number of nitrogens with zero attached hydrogens (tertiary/aromatic N) is 3. The normalized spacial score (nSPS) is 20.6. The molecule has 2 fully saturated rings. The molecule has 0 aromatic carbocycles. The minimum absolute atomic E-state index is 0.0470. The summed E-state index contributed by atoms with van der Waals surface area (Å²) >= 11 is 0. The van der Waals surface area contributed by atoms with Crippen molar-refractivity contribution in [3.63, 3.8) is 0 Å². The van der Waals surface area contributed by atoms with Crippen LogP contribution in [-0.4, -0.2) is 54.4 Å². The van der Waals surface area contributed by atoms with E-state index in [1.807, 2.05) is 4.90 Å². The van der Waals surface area contributed by atoms with Crippen LogP contribution in [0.15, 0.2) is 18.3 Å². The van der Waals surface area contributed by atoms with E-state index in [0.29, 0.717) is 19.4 Å². The second kappa shape index (κ2) is 10.1. The number of rotatable bonds is 5. The van der Waals surface area contributed by atoms with E-state index < -0.39 is 17.7 Å². The van der Waals surface area contributed by atoms with Gasteiger partial charge in [-0.15, -0.1) is 0 Å². The summed E-state index contributed by atoms with van der Waals surface area (Å²) < 4.78 is 39.9. The number of amides is 2. The van der Waals surface area contributed by atoms with Gasteiger partial charge in [-0.05, 0) is 37.8 Å². The van der Waals surface area contributed by atoms with Crippen molar-refractivity contribution >= 4 is 17.6 Å². The molecule has 1 N–H and O–H groups in total. The molecule has 1 aromatic heterocycles. The molecule has 2 saturated heterocycles. The summed E-state index contributed by atoms with van der Waals surface area (Å²) in [6.45, 7) is 2.41. The van der Waals surface area contributed by atoms with Crippen LogP contribution < -0.4 is 10.2 Å². The molecule has 3 rings (SSSR count). The van der Waals surface area contributed by atoms with Gasteiger partial charge in [0.1, 0.15) is 5.82 Å². The summed E-state index contributed by atoms with van der Waals surface area (Å²) in [6.07, 6.45) is 2.63. The molecule has 30 heavy (non-hydrogen) atoms. The number of hydrogen-bond acceptors (Lipinski definition) is 4. The van der Waals surface area contributed by atoms with Gasteiger partial charge in [0.05, 0.1) is 11.5 Å². The molecular weight excluding hydrogens is 397 g/mol. The number of alkyl halides is 3. The summed E-state index contributed by atoms with van der Waals surface area (Å²) in [4.78, 5) is 32.2. The first-order chi connectivity index (χ1) is 14.4. The fraction of sp³-hybridized carbons (Fsp3) is 0.667. The molecule has 0 aliphatic carbocycles. The number of pyridine rings is 1. The maximum atomic E-state index is 13.3.